The Morgan fingerprint density at radius 2 is 1.78 bits per heavy atom. The summed E-state index contributed by atoms with van der Waals surface area (Å²) in [6.07, 6.45) is 0.0522. The molecule has 32 heavy (non-hydrogen) atoms. The number of carbonyl (C=O) groups excluding carboxylic acids is 2. The fraction of sp³-hybridized carbons (Fsp3) is 0.273. The second-order valence-corrected chi connectivity index (χ2v) is 8.58. The van der Waals surface area contributed by atoms with Gasteiger partial charge in [-0.05, 0) is 62.2 Å². The second kappa shape index (κ2) is 10.6. The highest BCUT2D eigenvalue weighted by molar-refractivity contribution is 7.99. The zero-order chi connectivity index (χ0) is 23.3. The summed E-state index contributed by atoms with van der Waals surface area (Å²) >= 11 is 6.88. The largest absolute Gasteiger partial charge is 0.326 e. The van der Waals surface area contributed by atoms with E-state index in [1.165, 1.54) is 12.1 Å². The van der Waals surface area contributed by atoms with Crippen LogP contribution < -0.4 is 10.6 Å². The zero-order valence-electron chi connectivity index (χ0n) is 17.9. The van der Waals surface area contributed by atoms with E-state index in [1.807, 2.05) is 39.0 Å². The number of benzene rings is 2. The molecule has 7 nitrogen and oxygen atoms in total. The summed E-state index contributed by atoms with van der Waals surface area (Å²) in [6, 6.07) is 9.87. The Morgan fingerprint density at radius 3 is 2.44 bits per heavy atom. The van der Waals surface area contributed by atoms with E-state index < -0.39 is 11.7 Å². The number of nitrogens with one attached hydrogen (secondary N) is 2. The molecule has 0 saturated carbocycles. The van der Waals surface area contributed by atoms with Gasteiger partial charge < -0.3 is 15.2 Å². The van der Waals surface area contributed by atoms with Crippen LogP contribution in [0.25, 0.3) is 0 Å². The predicted molar refractivity (Wildman–Crippen MR) is 125 cm³/mol. The topological polar surface area (TPSA) is 88.9 Å². The van der Waals surface area contributed by atoms with Gasteiger partial charge in [0.1, 0.15) is 11.6 Å². The number of halogens is 2. The van der Waals surface area contributed by atoms with E-state index in [4.69, 9.17) is 11.6 Å². The van der Waals surface area contributed by atoms with Gasteiger partial charge in [-0.2, -0.15) is 0 Å². The van der Waals surface area contributed by atoms with Crippen LogP contribution in [0.5, 0.6) is 0 Å². The number of thioether (sulfide) groups is 1. The van der Waals surface area contributed by atoms with Crippen molar-refractivity contribution in [2.24, 2.45) is 0 Å². The molecule has 2 aromatic carbocycles. The fourth-order valence-electron chi connectivity index (χ4n) is 3.18. The molecule has 2 amide bonds. The molecule has 3 rings (SSSR count). The van der Waals surface area contributed by atoms with E-state index in [9.17, 15) is 14.0 Å². The van der Waals surface area contributed by atoms with E-state index in [2.05, 4.69) is 20.8 Å². The van der Waals surface area contributed by atoms with Crippen LogP contribution in [-0.2, 0) is 22.6 Å². The fourth-order valence-corrected chi connectivity index (χ4v) is 4.16. The predicted octanol–water partition coefficient (Wildman–Crippen LogP) is 4.62. The Balaban J connectivity index is 1.60. The normalized spacial score (nSPS) is 10.8. The first-order valence-corrected chi connectivity index (χ1v) is 11.3. The van der Waals surface area contributed by atoms with Crippen molar-refractivity contribution in [2.45, 2.75) is 38.9 Å². The molecule has 0 spiro atoms. The molecule has 0 atom stereocenters. The summed E-state index contributed by atoms with van der Waals surface area (Å²) in [4.78, 5) is 24.7. The summed E-state index contributed by atoms with van der Waals surface area (Å²) < 4.78 is 15.6. The number of nitrogens with zero attached hydrogens (tertiary/aromatic N) is 3. The molecule has 168 valence electrons. The van der Waals surface area contributed by atoms with Gasteiger partial charge in [0.15, 0.2) is 5.16 Å². The van der Waals surface area contributed by atoms with Crippen molar-refractivity contribution in [1.82, 2.24) is 14.8 Å². The summed E-state index contributed by atoms with van der Waals surface area (Å²) in [5.41, 5.74) is 2.91. The van der Waals surface area contributed by atoms with E-state index in [1.54, 1.807) is 4.57 Å². The van der Waals surface area contributed by atoms with Crippen LogP contribution in [-0.4, -0.2) is 32.3 Å². The molecule has 2 N–H and O–H groups in total. The molecular formula is C22H23ClFN5O2S. The Kier molecular flexibility index (Phi) is 7.87. The Labute approximate surface area is 194 Å². The average molecular weight is 476 g/mol. The van der Waals surface area contributed by atoms with Crippen LogP contribution in [0.3, 0.4) is 0 Å². The average Bonchev–Trinajstić information content (AvgIpc) is 3.09. The molecular weight excluding hydrogens is 453 g/mol. The lowest BCUT2D eigenvalue weighted by molar-refractivity contribution is -0.116. The van der Waals surface area contributed by atoms with Crippen molar-refractivity contribution in [3.8, 4) is 0 Å². The van der Waals surface area contributed by atoms with Gasteiger partial charge in [0.25, 0.3) is 0 Å². The third-order valence-electron chi connectivity index (χ3n) is 4.47. The highest BCUT2D eigenvalue weighted by Crippen LogP contribution is 2.21. The second-order valence-electron chi connectivity index (χ2n) is 7.21. The van der Waals surface area contributed by atoms with Crippen LogP contribution in [0.2, 0.25) is 5.02 Å². The third-order valence-corrected chi connectivity index (χ3v) is 5.67. The summed E-state index contributed by atoms with van der Waals surface area (Å²) in [5.74, 6) is -0.694. The number of carbonyl (C=O) groups is 2. The molecule has 0 unspecified atom stereocenters. The first kappa shape index (κ1) is 23.7. The molecule has 3 aromatic rings. The molecule has 0 fully saturated rings. The molecule has 0 aliphatic heterocycles. The lowest BCUT2D eigenvalue weighted by atomic mass is 10.1. The molecule has 0 aliphatic rings. The van der Waals surface area contributed by atoms with E-state index in [-0.39, 0.29) is 28.8 Å². The van der Waals surface area contributed by atoms with Gasteiger partial charge in [-0.15, -0.1) is 10.2 Å². The van der Waals surface area contributed by atoms with Crippen molar-refractivity contribution in [3.63, 3.8) is 0 Å². The minimum Gasteiger partial charge on any atom is -0.326 e. The van der Waals surface area contributed by atoms with E-state index in [0.717, 1.165) is 34.6 Å². The summed E-state index contributed by atoms with van der Waals surface area (Å²) in [5, 5.41) is 14.4. The van der Waals surface area contributed by atoms with Crippen LogP contribution in [0, 0.1) is 19.7 Å². The minimum absolute atomic E-state index is 0.00889. The molecule has 10 heteroatoms. The number of anilines is 2. The van der Waals surface area contributed by atoms with Gasteiger partial charge in [-0.25, -0.2) is 4.39 Å². The molecule has 1 aromatic heterocycles. The summed E-state index contributed by atoms with van der Waals surface area (Å²) in [6.45, 7) is 6.38. The van der Waals surface area contributed by atoms with Crippen molar-refractivity contribution in [1.29, 1.82) is 0 Å². The zero-order valence-corrected chi connectivity index (χ0v) is 19.5. The van der Waals surface area contributed by atoms with E-state index in [0.29, 0.717) is 17.5 Å². The van der Waals surface area contributed by atoms with Crippen molar-refractivity contribution in [2.75, 3.05) is 16.4 Å². The maximum Gasteiger partial charge on any atom is 0.234 e. The Hall–Kier alpha value is -2.91. The van der Waals surface area contributed by atoms with Crippen molar-refractivity contribution in [3.05, 3.63) is 64.2 Å². The third kappa shape index (κ3) is 6.30. The van der Waals surface area contributed by atoms with Gasteiger partial charge in [-0.1, -0.05) is 29.4 Å². The standard InChI is InChI=1S/C22H23ClFN5O2S/c1-4-29-19(11-20(30)25-16-8-13(2)7-14(3)9-16)27-28-22(29)32-12-21(31)26-18-6-5-15(23)10-17(18)24/h5-10H,4,11-12H2,1-3H3,(H,25,30)(H,26,31). The number of amides is 2. The number of aryl methyl sites for hydroxylation is 2. The lowest BCUT2D eigenvalue weighted by Gasteiger charge is -2.09. The van der Waals surface area contributed by atoms with Gasteiger partial charge in [0.2, 0.25) is 11.8 Å². The molecule has 0 saturated heterocycles. The van der Waals surface area contributed by atoms with Crippen molar-refractivity contribution < 1.29 is 14.0 Å². The van der Waals surface area contributed by atoms with Crippen LogP contribution in [0.4, 0.5) is 15.8 Å². The quantitative estimate of drug-likeness (QED) is 0.464. The van der Waals surface area contributed by atoms with Gasteiger partial charge in [0, 0.05) is 17.3 Å². The SMILES string of the molecule is CCn1c(CC(=O)Nc2cc(C)cc(C)c2)nnc1SCC(=O)Nc1ccc(Cl)cc1F. The van der Waals surface area contributed by atoms with Gasteiger partial charge in [0.05, 0.1) is 17.9 Å². The number of hydrogen-bond donors (Lipinski definition) is 2. The van der Waals surface area contributed by atoms with Crippen LogP contribution in [0.1, 0.15) is 23.9 Å². The Bertz CT molecular complexity index is 1130. The number of aromatic nitrogens is 3. The maximum absolute atomic E-state index is 13.8. The lowest BCUT2D eigenvalue weighted by Crippen LogP contribution is -2.18. The minimum atomic E-state index is -0.607. The monoisotopic (exact) mass is 475 g/mol. The first-order chi connectivity index (χ1) is 15.2. The highest BCUT2D eigenvalue weighted by Gasteiger charge is 2.17. The summed E-state index contributed by atoms with van der Waals surface area (Å²) in [7, 11) is 0. The number of rotatable bonds is 8. The van der Waals surface area contributed by atoms with Crippen LogP contribution >= 0.6 is 23.4 Å². The first-order valence-electron chi connectivity index (χ1n) is 9.93. The van der Waals surface area contributed by atoms with Crippen molar-refractivity contribution >= 4 is 46.6 Å². The van der Waals surface area contributed by atoms with Crippen LogP contribution in [0.15, 0.2) is 41.6 Å². The maximum atomic E-state index is 13.8. The molecule has 1 heterocycles. The smallest absolute Gasteiger partial charge is 0.234 e. The molecule has 0 radical (unpaired) electrons. The number of hydrogen-bond acceptors (Lipinski definition) is 5. The van der Waals surface area contributed by atoms with Gasteiger partial charge in [-0.3, -0.25) is 9.59 Å². The highest BCUT2D eigenvalue weighted by atomic mass is 35.5. The Morgan fingerprint density at radius 1 is 1.06 bits per heavy atom. The molecule has 0 aliphatic carbocycles. The van der Waals surface area contributed by atoms with E-state index >= 15 is 0 Å². The van der Waals surface area contributed by atoms with Gasteiger partial charge >= 0.3 is 0 Å². The molecule has 0 bridgehead atoms.